The number of carbonyl (C=O) groups excluding carboxylic acids is 1. The van der Waals surface area contributed by atoms with E-state index in [1.165, 1.54) is 225 Å². The van der Waals surface area contributed by atoms with Crippen molar-refractivity contribution in [3.05, 3.63) is 0 Å². The van der Waals surface area contributed by atoms with E-state index < -0.39 is 86.8 Å². The van der Waals surface area contributed by atoms with Gasteiger partial charge >= 0.3 is 0 Å². The lowest BCUT2D eigenvalue weighted by atomic mass is 9.97. The van der Waals surface area contributed by atoms with Crippen molar-refractivity contribution in [2.75, 3.05) is 19.8 Å². The zero-order valence-electron chi connectivity index (χ0n) is 49.5. The fourth-order valence-electron chi connectivity index (χ4n) is 11.3. The highest BCUT2D eigenvalue weighted by Crippen LogP contribution is 2.30. The molecule has 0 aromatic carbocycles. The van der Waals surface area contributed by atoms with Crippen LogP contribution in [0.5, 0.6) is 0 Å². The van der Waals surface area contributed by atoms with Crippen LogP contribution in [0.15, 0.2) is 0 Å². The smallest absolute Gasteiger partial charge is 0.220 e. The summed E-state index contributed by atoms with van der Waals surface area (Å²) in [5, 5.41) is 87.4. The summed E-state index contributed by atoms with van der Waals surface area (Å²) in [6.07, 6.45) is 39.7. The molecule has 0 saturated carbocycles. The summed E-state index contributed by atoms with van der Waals surface area (Å²) >= 11 is 0. The molecule has 2 rings (SSSR count). The molecule has 77 heavy (non-hydrogen) atoms. The fraction of sp³-hybridized carbons (Fsp3) is 0.984. The number of hydrogen-bond acceptors (Lipinski definition) is 13. The Balaban J connectivity index is 1.68. The van der Waals surface area contributed by atoms with Crippen LogP contribution in [-0.2, 0) is 23.7 Å². The van der Waals surface area contributed by atoms with E-state index in [1.807, 2.05) is 0 Å². The third-order valence-electron chi connectivity index (χ3n) is 16.6. The Morgan fingerprint density at radius 2 is 0.740 bits per heavy atom. The fourth-order valence-corrected chi connectivity index (χ4v) is 11.3. The van der Waals surface area contributed by atoms with Crippen molar-refractivity contribution >= 4 is 5.91 Å². The molecule has 12 atom stereocenters. The molecule has 458 valence electrons. The van der Waals surface area contributed by atoms with Crippen molar-refractivity contribution in [3.8, 4) is 0 Å². The number of hydrogen-bond donors (Lipinski definition) is 9. The molecule has 12 unspecified atom stereocenters. The molecule has 9 N–H and O–H groups in total. The van der Waals surface area contributed by atoms with E-state index >= 15 is 0 Å². The molecule has 0 aliphatic carbocycles. The van der Waals surface area contributed by atoms with Crippen LogP contribution in [0.4, 0.5) is 0 Å². The summed E-state index contributed by atoms with van der Waals surface area (Å²) in [6, 6.07) is -0.823. The predicted molar refractivity (Wildman–Crippen MR) is 309 cm³/mol. The zero-order chi connectivity index (χ0) is 56.0. The van der Waals surface area contributed by atoms with E-state index in [1.54, 1.807) is 0 Å². The van der Waals surface area contributed by atoms with Gasteiger partial charge in [-0.15, -0.1) is 0 Å². The third-order valence-corrected chi connectivity index (χ3v) is 16.6. The second-order valence-corrected chi connectivity index (χ2v) is 23.6. The van der Waals surface area contributed by atoms with Crippen molar-refractivity contribution in [2.45, 2.75) is 376 Å². The number of amides is 1. The number of ether oxygens (including phenoxy) is 4. The molecule has 0 radical (unpaired) electrons. The molecular formula is C63H123NO13. The van der Waals surface area contributed by atoms with Crippen LogP contribution >= 0.6 is 0 Å². The summed E-state index contributed by atoms with van der Waals surface area (Å²) in [4.78, 5) is 13.3. The Hall–Kier alpha value is -1.01. The first-order chi connectivity index (χ1) is 37.6. The Kier molecular flexibility index (Phi) is 46.4. The maximum atomic E-state index is 13.3. The highest BCUT2D eigenvalue weighted by molar-refractivity contribution is 5.76. The van der Waals surface area contributed by atoms with Crippen LogP contribution in [0.2, 0.25) is 0 Å². The topological polar surface area (TPSA) is 228 Å². The highest BCUT2D eigenvalue weighted by atomic mass is 16.7. The van der Waals surface area contributed by atoms with Crippen LogP contribution < -0.4 is 5.32 Å². The highest BCUT2D eigenvalue weighted by Gasteiger charge is 2.51. The van der Waals surface area contributed by atoms with Crippen molar-refractivity contribution < 1.29 is 64.6 Å². The average Bonchev–Trinajstić information content (AvgIpc) is 3.43. The van der Waals surface area contributed by atoms with E-state index in [2.05, 4.69) is 19.2 Å². The molecule has 2 fully saturated rings. The second kappa shape index (κ2) is 49.6. The average molecular weight is 1100 g/mol. The minimum atomic E-state index is -1.78. The molecular weight excluding hydrogens is 979 g/mol. The summed E-state index contributed by atoms with van der Waals surface area (Å²) in [5.41, 5.74) is 0. The molecule has 0 aromatic rings. The molecule has 0 aromatic heterocycles. The van der Waals surface area contributed by atoms with E-state index in [0.29, 0.717) is 12.8 Å². The first-order valence-corrected chi connectivity index (χ1v) is 32.8. The molecule has 2 aliphatic rings. The standard InChI is InChI=1S/C63H123NO13/c1-3-5-7-9-11-13-15-17-19-21-22-23-24-25-26-27-28-29-31-33-35-37-39-41-43-45-47-55(68)64-51(52(67)46-44-42-40-38-36-34-32-30-20-18-16-14-12-10-8-6-4-2)50-74-62-60(73)58(71)61(54(49-66)76-62)77-63-59(72)57(70)56(69)53(48-65)75-63/h51-54,56-63,65-67,69-73H,3-50H2,1-2H3,(H,64,68). The van der Waals surface area contributed by atoms with Crippen LogP contribution in [0, 0.1) is 0 Å². The normalized spacial score (nSPS) is 24.6. The van der Waals surface area contributed by atoms with Crippen LogP contribution in [0.3, 0.4) is 0 Å². The Morgan fingerprint density at radius 3 is 1.10 bits per heavy atom. The summed E-state index contributed by atoms with van der Waals surface area (Å²) in [7, 11) is 0. The van der Waals surface area contributed by atoms with Gasteiger partial charge in [0.1, 0.15) is 48.8 Å². The first kappa shape index (κ1) is 72.1. The number of nitrogens with one attached hydrogen (secondary N) is 1. The number of rotatable bonds is 54. The maximum Gasteiger partial charge on any atom is 0.220 e. The predicted octanol–water partition coefficient (Wildman–Crippen LogP) is 12.1. The minimum absolute atomic E-state index is 0.198. The molecule has 0 bridgehead atoms. The van der Waals surface area contributed by atoms with Gasteiger partial charge in [-0.3, -0.25) is 4.79 Å². The van der Waals surface area contributed by atoms with Gasteiger partial charge in [0.2, 0.25) is 5.91 Å². The minimum Gasteiger partial charge on any atom is -0.394 e. The van der Waals surface area contributed by atoms with Gasteiger partial charge < -0.3 is 65.1 Å². The monoisotopic (exact) mass is 1100 g/mol. The molecule has 2 heterocycles. The van der Waals surface area contributed by atoms with Gasteiger partial charge in [-0.1, -0.05) is 284 Å². The summed E-state index contributed by atoms with van der Waals surface area (Å²) < 4.78 is 22.9. The number of unbranched alkanes of at least 4 members (excludes halogenated alkanes) is 41. The van der Waals surface area contributed by atoms with E-state index in [9.17, 15) is 45.6 Å². The lowest BCUT2D eigenvalue weighted by molar-refractivity contribution is -0.359. The third kappa shape index (κ3) is 34.9. The molecule has 2 saturated heterocycles. The quantitative estimate of drug-likeness (QED) is 0.0259. The summed E-state index contributed by atoms with van der Waals surface area (Å²) in [5.74, 6) is -0.198. The number of carbonyl (C=O) groups is 1. The van der Waals surface area contributed by atoms with Crippen molar-refractivity contribution in [2.24, 2.45) is 0 Å². The lowest BCUT2D eigenvalue weighted by Crippen LogP contribution is -2.65. The van der Waals surface area contributed by atoms with Crippen molar-refractivity contribution in [3.63, 3.8) is 0 Å². The first-order valence-electron chi connectivity index (χ1n) is 32.8. The van der Waals surface area contributed by atoms with Gasteiger partial charge in [-0.25, -0.2) is 0 Å². The van der Waals surface area contributed by atoms with Crippen LogP contribution in [0.1, 0.15) is 303 Å². The molecule has 14 nitrogen and oxygen atoms in total. The molecule has 2 aliphatic heterocycles. The van der Waals surface area contributed by atoms with Gasteiger partial charge in [0.15, 0.2) is 12.6 Å². The molecule has 1 amide bonds. The van der Waals surface area contributed by atoms with Crippen LogP contribution in [-0.4, -0.2) is 140 Å². The van der Waals surface area contributed by atoms with Gasteiger partial charge in [-0.2, -0.15) is 0 Å². The van der Waals surface area contributed by atoms with Gasteiger partial charge in [0.25, 0.3) is 0 Å². The Labute approximate surface area is 470 Å². The van der Waals surface area contributed by atoms with E-state index in [-0.39, 0.29) is 12.5 Å². The zero-order valence-corrected chi connectivity index (χ0v) is 49.5. The van der Waals surface area contributed by atoms with E-state index in [4.69, 9.17) is 18.9 Å². The van der Waals surface area contributed by atoms with Gasteiger partial charge in [-0.05, 0) is 12.8 Å². The lowest BCUT2D eigenvalue weighted by Gasteiger charge is -2.46. The number of aliphatic hydroxyl groups excluding tert-OH is 8. The van der Waals surface area contributed by atoms with Gasteiger partial charge in [0, 0.05) is 6.42 Å². The van der Waals surface area contributed by atoms with E-state index in [0.717, 1.165) is 51.4 Å². The van der Waals surface area contributed by atoms with Crippen LogP contribution in [0.25, 0.3) is 0 Å². The molecule has 0 spiro atoms. The van der Waals surface area contributed by atoms with Crippen molar-refractivity contribution in [1.82, 2.24) is 5.32 Å². The molecule has 14 heteroatoms. The maximum absolute atomic E-state index is 13.3. The second-order valence-electron chi connectivity index (χ2n) is 23.6. The van der Waals surface area contributed by atoms with Gasteiger partial charge in [0.05, 0.1) is 32.0 Å². The number of aliphatic hydroxyl groups is 8. The largest absolute Gasteiger partial charge is 0.394 e. The Morgan fingerprint density at radius 1 is 0.416 bits per heavy atom. The summed E-state index contributed by atoms with van der Waals surface area (Å²) in [6.45, 7) is 2.91. The van der Waals surface area contributed by atoms with Crippen molar-refractivity contribution in [1.29, 1.82) is 0 Å². The SMILES string of the molecule is CCCCCCCCCCCCCCCCCCCCCCCCCCCCC(=O)NC(COC1OC(CO)C(OC2OC(CO)C(O)C(O)C2O)C(O)C1O)C(O)CCCCCCCCCCCCCCCCCCC. The Bertz CT molecular complexity index is 1300.